The van der Waals surface area contributed by atoms with Crippen molar-refractivity contribution in [3.05, 3.63) is 23.5 Å². The molecular weight excluding hydrogens is 186 g/mol. The Labute approximate surface area is 90.8 Å². The summed E-state index contributed by atoms with van der Waals surface area (Å²) in [6, 6.07) is 0. The molecule has 0 saturated heterocycles. The molecule has 2 rings (SSSR count). The third kappa shape index (κ3) is 1.87. The second-order valence-corrected chi connectivity index (χ2v) is 3.71. The zero-order valence-corrected chi connectivity index (χ0v) is 9.40. The molecule has 0 amide bonds. The fourth-order valence-electron chi connectivity index (χ4n) is 2.06. The minimum Gasteiger partial charge on any atom is -0.371 e. The number of hydrogen-bond acceptors (Lipinski definition) is 3. The van der Waals surface area contributed by atoms with Crippen LogP contribution in [0.15, 0.2) is 12.3 Å². The van der Waals surface area contributed by atoms with Gasteiger partial charge in [0.05, 0.1) is 17.6 Å². The lowest BCUT2D eigenvalue weighted by Gasteiger charge is -2.25. The monoisotopic (exact) mass is 203 g/mol. The molecule has 0 bridgehead atoms. The predicted molar refractivity (Wildman–Crippen MR) is 62.9 cm³/mol. The molecule has 3 nitrogen and oxygen atoms in total. The highest BCUT2D eigenvalue weighted by Crippen LogP contribution is 2.26. The highest BCUT2D eigenvalue weighted by Gasteiger charge is 2.14. The molecule has 1 aromatic rings. The van der Waals surface area contributed by atoms with E-state index in [-0.39, 0.29) is 0 Å². The molecule has 0 N–H and O–H groups in total. The van der Waals surface area contributed by atoms with Crippen LogP contribution in [0.2, 0.25) is 0 Å². The van der Waals surface area contributed by atoms with E-state index in [1.165, 1.54) is 11.3 Å². The Morgan fingerprint density at radius 3 is 2.87 bits per heavy atom. The zero-order valence-electron chi connectivity index (χ0n) is 9.40. The molecule has 3 heteroatoms. The Balaban J connectivity index is 2.43. The summed E-state index contributed by atoms with van der Waals surface area (Å²) in [6.45, 7) is 6.40. The molecule has 0 atom stereocenters. The minimum atomic E-state index is 1.03. The van der Waals surface area contributed by atoms with Gasteiger partial charge in [0.2, 0.25) is 0 Å². The molecule has 0 spiro atoms. The number of anilines is 1. The Hall–Kier alpha value is -1.38. The van der Waals surface area contributed by atoms with Crippen LogP contribution >= 0.6 is 0 Å². The van der Waals surface area contributed by atoms with E-state index >= 15 is 0 Å². The van der Waals surface area contributed by atoms with Gasteiger partial charge in [-0.2, -0.15) is 10.2 Å². The average molecular weight is 203 g/mol. The summed E-state index contributed by atoms with van der Waals surface area (Å²) in [6.07, 6.45) is 8.35. The van der Waals surface area contributed by atoms with E-state index in [1.807, 2.05) is 6.20 Å². The van der Waals surface area contributed by atoms with Gasteiger partial charge in [-0.3, -0.25) is 0 Å². The predicted octanol–water partition coefficient (Wildman–Crippen LogP) is 2.28. The molecule has 0 unspecified atom stereocenters. The third-order valence-electron chi connectivity index (χ3n) is 2.90. The van der Waals surface area contributed by atoms with Gasteiger partial charge in [0, 0.05) is 18.7 Å². The maximum Gasteiger partial charge on any atom is 0.0906 e. The molecule has 0 saturated carbocycles. The van der Waals surface area contributed by atoms with Crippen LogP contribution < -0.4 is 4.90 Å². The van der Waals surface area contributed by atoms with Gasteiger partial charge in [0.25, 0.3) is 0 Å². The van der Waals surface area contributed by atoms with Gasteiger partial charge in [0.15, 0.2) is 0 Å². The average Bonchev–Trinajstić information content (AvgIpc) is 2.31. The van der Waals surface area contributed by atoms with Gasteiger partial charge in [-0.15, -0.1) is 0 Å². The molecule has 0 aliphatic heterocycles. The lowest BCUT2D eigenvalue weighted by atomic mass is 10.0. The first-order valence-electron chi connectivity index (χ1n) is 5.62. The lowest BCUT2D eigenvalue weighted by Crippen LogP contribution is -2.24. The zero-order chi connectivity index (χ0) is 10.7. The second kappa shape index (κ2) is 4.43. The fraction of sp³-hybridized carbons (Fsp3) is 0.500. The minimum absolute atomic E-state index is 1.03. The normalized spacial score (nSPS) is 13.7. The number of aromatic nitrogens is 2. The van der Waals surface area contributed by atoms with Gasteiger partial charge in [-0.05, 0) is 32.8 Å². The molecule has 1 heterocycles. The number of hydrogen-bond donors (Lipinski definition) is 0. The van der Waals surface area contributed by atoms with Gasteiger partial charge in [-0.1, -0.05) is 6.08 Å². The quantitative estimate of drug-likeness (QED) is 0.754. The van der Waals surface area contributed by atoms with E-state index in [0.29, 0.717) is 0 Å². The van der Waals surface area contributed by atoms with Gasteiger partial charge < -0.3 is 4.90 Å². The molecular formula is C12H17N3. The maximum atomic E-state index is 4.17. The molecule has 1 aliphatic carbocycles. The third-order valence-corrected chi connectivity index (χ3v) is 2.90. The number of allylic oxidation sites excluding steroid dienone is 1. The van der Waals surface area contributed by atoms with Crippen LogP contribution in [0.5, 0.6) is 0 Å². The van der Waals surface area contributed by atoms with Crippen LogP contribution in [-0.2, 0) is 6.42 Å². The summed E-state index contributed by atoms with van der Waals surface area (Å²) in [7, 11) is 0. The van der Waals surface area contributed by atoms with Gasteiger partial charge in [-0.25, -0.2) is 0 Å². The van der Waals surface area contributed by atoms with Crippen molar-refractivity contribution in [3.8, 4) is 0 Å². The Morgan fingerprint density at radius 1 is 1.33 bits per heavy atom. The standard InChI is InChI=1S/C12H17N3/c1-3-15(4-2)12-9-13-14-11-8-6-5-7-10(11)12/h6,8-9H,3-5,7H2,1-2H3. The summed E-state index contributed by atoms with van der Waals surface area (Å²) in [4.78, 5) is 2.34. The van der Waals surface area contributed by atoms with E-state index in [4.69, 9.17) is 0 Å². The van der Waals surface area contributed by atoms with Crippen molar-refractivity contribution in [2.45, 2.75) is 26.7 Å². The van der Waals surface area contributed by atoms with Crippen molar-refractivity contribution >= 4 is 11.8 Å². The molecule has 80 valence electrons. The number of rotatable bonds is 3. The summed E-state index contributed by atoms with van der Waals surface area (Å²) in [5, 5.41) is 8.24. The van der Waals surface area contributed by atoms with Gasteiger partial charge >= 0.3 is 0 Å². The summed E-state index contributed by atoms with van der Waals surface area (Å²) in [5.41, 5.74) is 3.66. The van der Waals surface area contributed by atoms with Crippen molar-refractivity contribution in [3.63, 3.8) is 0 Å². The van der Waals surface area contributed by atoms with Gasteiger partial charge in [0.1, 0.15) is 0 Å². The summed E-state index contributed by atoms with van der Waals surface area (Å²) in [5.74, 6) is 0. The molecule has 1 aromatic heterocycles. The van der Waals surface area contributed by atoms with Crippen LogP contribution in [0.3, 0.4) is 0 Å². The van der Waals surface area contributed by atoms with Crippen LogP contribution in [0.25, 0.3) is 6.08 Å². The van der Waals surface area contributed by atoms with Crippen LogP contribution in [0, 0.1) is 0 Å². The van der Waals surface area contributed by atoms with E-state index in [2.05, 4.69) is 41.1 Å². The van der Waals surface area contributed by atoms with Crippen molar-refractivity contribution in [2.24, 2.45) is 0 Å². The number of fused-ring (bicyclic) bond motifs is 1. The molecule has 0 aromatic carbocycles. The molecule has 0 fully saturated rings. The number of nitrogens with zero attached hydrogens (tertiary/aromatic N) is 3. The van der Waals surface area contributed by atoms with E-state index in [0.717, 1.165) is 31.6 Å². The van der Waals surface area contributed by atoms with E-state index < -0.39 is 0 Å². The fourth-order valence-corrected chi connectivity index (χ4v) is 2.06. The first-order chi connectivity index (χ1) is 7.36. The Morgan fingerprint density at radius 2 is 2.13 bits per heavy atom. The van der Waals surface area contributed by atoms with Crippen LogP contribution in [0.1, 0.15) is 31.5 Å². The van der Waals surface area contributed by atoms with Crippen molar-refractivity contribution in [2.75, 3.05) is 18.0 Å². The highest BCUT2D eigenvalue weighted by molar-refractivity contribution is 5.63. The molecule has 0 radical (unpaired) electrons. The second-order valence-electron chi connectivity index (χ2n) is 3.71. The Kier molecular flexibility index (Phi) is 2.99. The van der Waals surface area contributed by atoms with Crippen molar-refractivity contribution in [1.82, 2.24) is 10.2 Å². The van der Waals surface area contributed by atoms with Crippen LogP contribution in [-0.4, -0.2) is 23.3 Å². The lowest BCUT2D eigenvalue weighted by molar-refractivity contribution is 0.824. The first-order valence-corrected chi connectivity index (χ1v) is 5.62. The summed E-state index contributed by atoms with van der Waals surface area (Å²) >= 11 is 0. The Bertz CT molecular complexity index is 367. The van der Waals surface area contributed by atoms with Crippen molar-refractivity contribution < 1.29 is 0 Å². The molecule has 15 heavy (non-hydrogen) atoms. The smallest absolute Gasteiger partial charge is 0.0906 e. The topological polar surface area (TPSA) is 29.0 Å². The largest absolute Gasteiger partial charge is 0.371 e. The SMILES string of the molecule is CCN(CC)c1cnnc2c1CCC=C2. The van der Waals surface area contributed by atoms with E-state index in [9.17, 15) is 0 Å². The van der Waals surface area contributed by atoms with Crippen molar-refractivity contribution in [1.29, 1.82) is 0 Å². The highest BCUT2D eigenvalue weighted by atomic mass is 15.2. The first kappa shape index (κ1) is 10.1. The summed E-state index contributed by atoms with van der Waals surface area (Å²) < 4.78 is 0. The molecule has 1 aliphatic rings. The maximum absolute atomic E-state index is 4.17. The van der Waals surface area contributed by atoms with Crippen LogP contribution in [0.4, 0.5) is 5.69 Å². The van der Waals surface area contributed by atoms with E-state index in [1.54, 1.807) is 0 Å².